The first-order valence-electron chi connectivity index (χ1n) is 5.73. The highest BCUT2D eigenvalue weighted by molar-refractivity contribution is 5.51. The van der Waals surface area contributed by atoms with Gasteiger partial charge in [-0.3, -0.25) is 0 Å². The molecular weight excluding hydrogens is 184 g/mol. The van der Waals surface area contributed by atoms with Crippen molar-refractivity contribution in [3.05, 3.63) is 29.3 Å². The molecule has 0 radical (unpaired) electrons. The monoisotopic (exact) mass is 204 g/mol. The molecule has 2 nitrogen and oxygen atoms in total. The van der Waals surface area contributed by atoms with Gasteiger partial charge in [0.1, 0.15) is 0 Å². The Kier molecular flexibility index (Phi) is 2.96. The molecule has 1 aliphatic rings. The normalized spacial score (nSPS) is 21.8. The van der Waals surface area contributed by atoms with Gasteiger partial charge in [-0.05, 0) is 44.0 Å². The van der Waals surface area contributed by atoms with Crippen LogP contribution in [0.2, 0.25) is 0 Å². The van der Waals surface area contributed by atoms with Gasteiger partial charge in [0.15, 0.2) is 0 Å². The van der Waals surface area contributed by atoms with Gasteiger partial charge in [0.25, 0.3) is 0 Å². The summed E-state index contributed by atoms with van der Waals surface area (Å²) in [7, 11) is 0. The van der Waals surface area contributed by atoms with Gasteiger partial charge in [0, 0.05) is 31.4 Å². The first-order valence-corrected chi connectivity index (χ1v) is 5.73. The minimum atomic E-state index is 0.598. The first-order chi connectivity index (χ1) is 7.18. The van der Waals surface area contributed by atoms with E-state index in [-0.39, 0.29) is 0 Å². The lowest BCUT2D eigenvalue weighted by molar-refractivity contribution is 0.501. The lowest BCUT2D eigenvalue weighted by atomic mass is 10.1. The van der Waals surface area contributed by atoms with Crippen LogP contribution in [0.15, 0.2) is 18.2 Å². The minimum absolute atomic E-state index is 0.598. The Morgan fingerprint density at radius 3 is 2.73 bits per heavy atom. The summed E-state index contributed by atoms with van der Waals surface area (Å²) in [4.78, 5) is 2.49. The van der Waals surface area contributed by atoms with E-state index in [1.54, 1.807) is 0 Å². The third-order valence-corrected chi connectivity index (χ3v) is 3.32. The van der Waals surface area contributed by atoms with Crippen LogP contribution in [-0.2, 0) is 0 Å². The number of hydrogen-bond acceptors (Lipinski definition) is 2. The average molecular weight is 204 g/mol. The molecule has 0 aliphatic carbocycles. The minimum Gasteiger partial charge on any atom is -0.366 e. The van der Waals surface area contributed by atoms with Crippen molar-refractivity contribution < 1.29 is 0 Å². The molecule has 1 saturated heterocycles. The lowest BCUT2D eigenvalue weighted by Crippen LogP contribution is -2.49. The highest BCUT2D eigenvalue weighted by atomic mass is 15.2. The van der Waals surface area contributed by atoms with Crippen LogP contribution in [0.1, 0.15) is 18.1 Å². The van der Waals surface area contributed by atoms with Gasteiger partial charge in [-0.15, -0.1) is 0 Å². The van der Waals surface area contributed by atoms with Crippen LogP contribution in [0.4, 0.5) is 5.69 Å². The Bertz CT molecular complexity index is 346. The van der Waals surface area contributed by atoms with E-state index in [1.807, 2.05) is 0 Å². The number of benzene rings is 1. The molecule has 2 rings (SSSR count). The molecule has 1 atom stereocenters. The van der Waals surface area contributed by atoms with Crippen molar-refractivity contribution >= 4 is 5.69 Å². The van der Waals surface area contributed by atoms with Crippen molar-refractivity contribution in [2.24, 2.45) is 0 Å². The molecule has 0 spiro atoms. The maximum absolute atomic E-state index is 3.42. The standard InChI is InChI=1S/C13H20N2/c1-10-4-5-13(8-11(10)2)15-7-6-14-9-12(15)3/h4-5,8,12,14H,6-7,9H2,1-3H3. The second-order valence-corrected chi connectivity index (χ2v) is 4.52. The fourth-order valence-corrected chi connectivity index (χ4v) is 2.13. The molecule has 15 heavy (non-hydrogen) atoms. The van der Waals surface area contributed by atoms with Crippen LogP contribution in [0.5, 0.6) is 0 Å². The highest BCUT2D eigenvalue weighted by Gasteiger charge is 2.17. The Morgan fingerprint density at radius 1 is 1.27 bits per heavy atom. The molecular formula is C13H20N2. The fraction of sp³-hybridized carbons (Fsp3) is 0.538. The Labute approximate surface area is 92.3 Å². The maximum atomic E-state index is 3.42. The van der Waals surface area contributed by atoms with Gasteiger partial charge in [0.05, 0.1) is 0 Å². The quantitative estimate of drug-likeness (QED) is 0.753. The third-order valence-electron chi connectivity index (χ3n) is 3.32. The SMILES string of the molecule is Cc1ccc(N2CCNCC2C)cc1C. The van der Waals surface area contributed by atoms with Gasteiger partial charge in [-0.1, -0.05) is 6.07 Å². The van der Waals surface area contributed by atoms with Gasteiger partial charge in [0.2, 0.25) is 0 Å². The molecule has 1 heterocycles. The molecule has 0 amide bonds. The molecule has 1 unspecified atom stereocenters. The maximum Gasteiger partial charge on any atom is 0.0386 e. The van der Waals surface area contributed by atoms with E-state index in [0.29, 0.717) is 6.04 Å². The molecule has 1 N–H and O–H groups in total. The van der Waals surface area contributed by atoms with E-state index in [4.69, 9.17) is 0 Å². The summed E-state index contributed by atoms with van der Waals surface area (Å²) >= 11 is 0. The number of nitrogens with zero attached hydrogens (tertiary/aromatic N) is 1. The van der Waals surface area contributed by atoms with Gasteiger partial charge >= 0.3 is 0 Å². The number of hydrogen-bond donors (Lipinski definition) is 1. The molecule has 0 aromatic heterocycles. The first kappa shape index (κ1) is 10.5. The molecule has 1 fully saturated rings. The van der Waals surface area contributed by atoms with Crippen molar-refractivity contribution in [1.29, 1.82) is 0 Å². The average Bonchev–Trinajstić information content (AvgIpc) is 2.23. The zero-order valence-corrected chi connectivity index (χ0v) is 9.88. The molecule has 0 bridgehead atoms. The third kappa shape index (κ3) is 2.15. The fourth-order valence-electron chi connectivity index (χ4n) is 2.13. The summed E-state index contributed by atoms with van der Waals surface area (Å²) in [5.41, 5.74) is 4.13. The number of anilines is 1. The smallest absolute Gasteiger partial charge is 0.0386 e. The Morgan fingerprint density at radius 2 is 2.07 bits per heavy atom. The number of piperazine rings is 1. The van der Waals surface area contributed by atoms with E-state index in [1.165, 1.54) is 16.8 Å². The van der Waals surface area contributed by atoms with Crippen molar-refractivity contribution in [2.45, 2.75) is 26.8 Å². The van der Waals surface area contributed by atoms with Crippen LogP contribution >= 0.6 is 0 Å². The summed E-state index contributed by atoms with van der Waals surface area (Å²) in [6, 6.07) is 7.36. The van der Waals surface area contributed by atoms with Gasteiger partial charge in [-0.2, -0.15) is 0 Å². The summed E-state index contributed by atoms with van der Waals surface area (Å²) < 4.78 is 0. The molecule has 1 aromatic rings. The summed E-state index contributed by atoms with van der Waals surface area (Å²) in [6.45, 7) is 9.93. The zero-order valence-electron chi connectivity index (χ0n) is 9.88. The number of aryl methyl sites for hydroxylation is 2. The van der Waals surface area contributed by atoms with Crippen LogP contribution < -0.4 is 10.2 Å². The molecule has 0 saturated carbocycles. The van der Waals surface area contributed by atoms with Crippen molar-refractivity contribution in [3.8, 4) is 0 Å². The van der Waals surface area contributed by atoms with Crippen LogP contribution in [0.3, 0.4) is 0 Å². The second kappa shape index (κ2) is 4.23. The summed E-state index contributed by atoms with van der Waals surface area (Å²) in [6.07, 6.45) is 0. The number of nitrogens with one attached hydrogen (secondary N) is 1. The van der Waals surface area contributed by atoms with Crippen LogP contribution in [0.25, 0.3) is 0 Å². The van der Waals surface area contributed by atoms with Crippen molar-refractivity contribution in [3.63, 3.8) is 0 Å². The van der Waals surface area contributed by atoms with Gasteiger partial charge < -0.3 is 10.2 Å². The van der Waals surface area contributed by atoms with Crippen molar-refractivity contribution in [1.82, 2.24) is 5.32 Å². The van der Waals surface area contributed by atoms with Crippen molar-refractivity contribution in [2.75, 3.05) is 24.5 Å². The van der Waals surface area contributed by atoms with Gasteiger partial charge in [-0.25, -0.2) is 0 Å². The zero-order chi connectivity index (χ0) is 10.8. The number of rotatable bonds is 1. The van der Waals surface area contributed by atoms with E-state index >= 15 is 0 Å². The molecule has 1 aliphatic heterocycles. The summed E-state index contributed by atoms with van der Waals surface area (Å²) in [5, 5.41) is 3.42. The lowest BCUT2D eigenvalue weighted by Gasteiger charge is -2.36. The molecule has 2 heteroatoms. The van der Waals surface area contributed by atoms with E-state index < -0.39 is 0 Å². The molecule has 82 valence electrons. The Hall–Kier alpha value is -1.02. The topological polar surface area (TPSA) is 15.3 Å². The highest BCUT2D eigenvalue weighted by Crippen LogP contribution is 2.21. The van der Waals surface area contributed by atoms with E-state index in [2.05, 4.69) is 49.2 Å². The predicted molar refractivity (Wildman–Crippen MR) is 65.6 cm³/mol. The molecule has 1 aromatic carbocycles. The largest absolute Gasteiger partial charge is 0.366 e. The van der Waals surface area contributed by atoms with E-state index in [9.17, 15) is 0 Å². The van der Waals surface area contributed by atoms with E-state index in [0.717, 1.165) is 19.6 Å². The van der Waals surface area contributed by atoms with Crippen LogP contribution in [-0.4, -0.2) is 25.7 Å². The predicted octanol–water partition coefficient (Wildman–Crippen LogP) is 2.10. The summed E-state index contributed by atoms with van der Waals surface area (Å²) in [5.74, 6) is 0. The second-order valence-electron chi connectivity index (χ2n) is 4.52. The Balaban J connectivity index is 2.24. The van der Waals surface area contributed by atoms with Crippen LogP contribution in [0, 0.1) is 13.8 Å².